The first-order valence-corrected chi connectivity index (χ1v) is 6.57. The second-order valence-electron chi connectivity index (χ2n) is 4.40. The van der Waals surface area contributed by atoms with E-state index in [-0.39, 0.29) is 10.9 Å². The number of thiocarbonyl (C=S) groups is 1. The van der Waals surface area contributed by atoms with Crippen molar-refractivity contribution in [3.8, 4) is 0 Å². The van der Waals surface area contributed by atoms with Crippen LogP contribution in [-0.2, 0) is 4.79 Å². The third-order valence-corrected chi connectivity index (χ3v) is 3.05. The number of carbonyl (C=O) groups is 1. The van der Waals surface area contributed by atoms with Gasteiger partial charge in [-0.3, -0.25) is 4.79 Å². The number of hydrogen-bond acceptors (Lipinski definition) is 3. The maximum Gasteiger partial charge on any atom is 0.239 e. The van der Waals surface area contributed by atoms with Gasteiger partial charge in [0.1, 0.15) is 11.7 Å². The number of nitrogens with two attached hydrogens (primary N) is 1. The number of anilines is 1. The van der Waals surface area contributed by atoms with Crippen LogP contribution in [-0.4, -0.2) is 15.9 Å². The normalized spacial score (nSPS) is 11.7. The Hall–Kier alpha value is -2.27. The second kappa shape index (κ2) is 6.25. The van der Waals surface area contributed by atoms with E-state index >= 15 is 0 Å². The molecule has 0 radical (unpaired) electrons. The number of aromatic nitrogens is 1. The lowest BCUT2D eigenvalue weighted by atomic mass is 9.98. The number of nitrogens with one attached hydrogen (secondary N) is 1. The number of nitrogens with zero attached hydrogens (tertiary/aromatic N) is 1. The fourth-order valence-corrected chi connectivity index (χ4v) is 2.14. The zero-order valence-electron chi connectivity index (χ0n) is 11.0. The maximum atomic E-state index is 12.3. The van der Waals surface area contributed by atoms with Gasteiger partial charge < -0.3 is 11.1 Å². The van der Waals surface area contributed by atoms with Gasteiger partial charge >= 0.3 is 0 Å². The number of aryl methyl sites for hydroxylation is 1. The van der Waals surface area contributed by atoms with Crippen LogP contribution < -0.4 is 11.1 Å². The minimum absolute atomic E-state index is 0.140. The van der Waals surface area contributed by atoms with Gasteiger partial charge in [-0.25, -0.2) is 4.98 Å². The SMILES string of the molecule is Cc1cccc(NC(=O)C(C(N)=S)c2ccccc2)n1. The Bertz CT molecular complexity index is 628. The van der Waals surface area contributed by atoms with Gasteiger partial charge in [0.05, 0.1) is 4.99 Å². The summed E-state index contributed by atoms with van der Waals surface area (Å²) in [6.45, 7) is 1.86. The lowest BCUT2D eigenvalue weighted by Gasteiger charge is -2.15. The second-order valence-corrected chi connectivity index (χ2v) is 4.87. The number of carbonyl (C=O) groups excluding carboxylic acids is 1. The van der Waals surface area contributed by atoms with Crippen LogP contribution >= 0.6 is 12.2 Å². The average molecular weight is 285 g/mol. The molecule has 102 valence electrons. The van der Waals surface area contributed by atoms with Crippen molar-refractivity contribution in [2.45, 2.75) is 12.8 Å². The van der Waals surface area contributed by atoms with Crippen LogP contribution in [0.5, 0.6) is 0 Å². The van der Waals surface area contributed by atoms with Crippen molar-refractivity contribution < 1.29 is 4.79 Å². The first-order chi connectivity index (χ1) is 9.58. The minimum atomic E-state index is -0.659. The minimum Gasteiger partial charge on any atom is -0.392 e. The summed E-state index contributed by atoms with van der Waals surface area (Å²) >= 11 is 5.01. The number of hydrogen-bond donors (Lipinski definition) is 2. The molecule has 0 spiro atoms. The summed E-state index contributed by atoms with van der Waals surface area (Å²) in [5.41, 5.74) is 7.30. The highest BCUT2D eigenvalue weighted by Gasteiger charge is 2.23. The first kappa shape index (κ1) is 14.1. The predicted molar refractivity (Wildman–Crippen MR) is 83.6 cm³/mol. The molecule has 5 heteroatoms. The Labute approximate surface area is 123 Å². The highest BCUT2D eigenvalue weighted by molar-refractivity contribution is 7.80. The molecule has 1 heterocycles. The van der Waals surface area contributed by atoms with E-state index in [4.69, 9.17) is 18.0 Å². The van der Waals surface area contributed by atoms with E-state index in [0.29, 0.717) is 5.82 Å². The van der Waals surface area contributed by atoms with Gasteiger partial charge in [0, 0.05) is 5.69 Å². The van der Waals surface area contributed by atoms with E-state index < -0.39 is 5.92 Å². The molecule has 0 saturated heterocycles. The van der Waals surface area contributed by atoms with E-state index in [2.05, 4.69) is 10.3 Å². The maximum absolute atomic E-state index is 12.3. The van der Waals surface area contributed by atoms with Crippen LogP contribution in [0.4, 0.5) is 5.82 Å². The van der Waals surface area contributed by atoms with E-state index in [0.717, 1.165) is 11.3 Å². The summed E-state index contributed by atoms with van der Waals surface area (Å²) in [4.78, 5) is 16.7. The summed E-state index contributed by atoms with van der Waals surface area (Å²) in [5, 5.41) is 2.75. The fourth-order valence-electron chi connectivity index (χ4n) is 1.90. The van der Waals surface area contributed by atoms with Gasteiger partial charge in [0.2, 0.25) is 5.91 Å². The Balaban J connectivity index is 2.23. The van der Waals surface area contributed by atoms with Gasteiger partial charge in [0.15, 0.2) is 0 Å². The molecule has 0 bridgehead atoms. The molecule has 0 saturated carbocycles. The van der Waals surface area contributed by atoms with Crippen molar-refractivity contribution in [3.05, 3.63) is 59.8 Å². The Morgan fingerprint density at radius 3 is 2.50 bits per heavy atom. The van der Waals surface area contributed by atoms with Crippen LogP contribution in [0.1, 0.15) is 17.2 Å². The summed E-state index contributed by atoms with van der Waals surface area (Å²) in [5.74, 6) is -0.442. The zero-order chi connectivity index (χ0) is 14.5. The smallest absolute Gasteiger partial charge is 0.239 e. The summed E-state index contributed by atoms with van der Waals surface area (Å²) in [6.07, 6.45) is 0. The molecule has 2 aromatic rings. The standard InChI is InChI=1S/C15H15N3OS/c1-10-6-5-9-12(17-10)18-15(19)13(14(16)20)11-7-3-2-4-8-11/h2-9,13H,1H3,(H2,16,20)(H,17,18,19). The highest BCUT2D eigenvalue weighted by atomic mass is 32.1. The Morgan fingerprint density at radius 1 is 1.20 bits per heavy atom. The van der Waals surface area contributed by atoms with Gasteiger partial charge in [-0.2, -0.15) is 0 Å². The van der Waals surface area contributed by atoms with Crippen LogP contribution in [0.25, 0.3) is 0 Å². The third-order valence-electron chi connectivity index (χ3n) is 2.82. The lowest BCUT2D eigenvalue weighted by molar-refractivity contribution is -0.116. The molecular weight excluding hydrogens is 270 g/mol. The average Bonchev–Trinajstić information content (AvgIpc) is 2.39. The van der Waals surface area contributed by atoms with Crippen LogP contribution in [0.2, 0.25) is 0 Å². The highest BCUT2D eigenvalue weighted by Crippen LogP contribution is 2.18. The molecule has 20 heavy (non-hydrogen) atoms. The lowest BCUT2D eigenvalue weighted by Crippen LogP contribution is -2.31. The van der Waals surface area contributed by atoms with Crippen molar-refractivity contribution in [3.63, 3.8) is 0 Å². The van der Waals surface area contributed by atoms with Crippen LogP contribution in [0.3, 0.4) is 0 Å². The predicted octanol–water partition coefficient (Wildman–Crippen LogP) is 2.40. The monoisotopic (exact) mass is 285 g/mol. The number of rotatable bonds is 4. The fraction of sp³-hybridized carbons (Fsp3) is 0.133. The molecule has 0 aliphatic heterocycles. The summed E-state index contributed by atoms with van der Waals surface area (Å²) < 4.78 is 0. The van der Waals surface area contributed by atoms with Crippen molar-refractivity contribution in [1.82, 2.24) is 4.98 Å². The van der Waals surface area contributed by atoms with E-state index in [1.165, 1.54) is 0 Å². The van der Waals surface area contributed by atoms with Crippen molar-refractivity contribution in [2.75, 3.05) is 5.32 Å². The summed E-state index contributed by atoms with van der Waals surface area (Å²) in [6, 6.07) is 14.6. The van der Waals surface area contributed by atoms with E-state index in [9.17, 15) is 4.79 Å². The quantitative estimate of drug-likeness (QED) is 0.846. The summed E-state index contributed by atoms with van der Waals surface area (Å²) in [7, 11) is 0. The van der Waals surface area contributed by atoms with Crippen molar-refractivity contribution in [1.29, 1.82) is 0 Å². The zero-order valence-corrected chi connectivity index (χ0v) is 11.9. The van der Waals surface area contributed by atoms with Gasteiger partial charge in [-0.15, -0.1) is 0 Å². The molecule has 2 rings (SSSR count). The molecule has 1 atom stereocenters. The van der Waals surface area contributed by atoms with Gasteiger partial charge in [-0.1, -0.05) is 48.6 Å². The van der Waals surface area contributed by atoms with E-state index in [1.54, 1.807) is 6.07 Å². The van der Waals surface area contributed by atoms with E-state index in [1.807, 2.05) is 49.4 Å². The Kier molecular flexibility index (Phi) is 4.42. The first-order valence-electron chi connectivity index (χ1n) is 6.16. The van der Waals surface area contributed by atoms with Crippen molar-refractivity contribution in [2.24, 2.45) is 5.73 Å². The molecule has 3 N–H and O–H groups in total. The molecule has 0 fully saturated rings. The van der Waals surface area contributed by atoms with Crippen LogP contribution in [0, 0.1) is 6.92 Å². The molecule has 1 aromatic heterocycles. The largest absolute Gasteiger partial charge is 0.392 e. The Morgan fingerprint density at radius 2 is 1.90 bits per heavy atom. The van der Waals surface area contributed by atoms with Gasteiger partial charge in [0.25, 0.3) is 0 Å². The topological polar surface area (TPSA) is 68.0 Å². The molecule has 1 unspecified atom stereocenters. The molecule has 0 aliphatic rings. The third kappa shape index (κ3) is 3.39. The molecule has 4 nitrogen and oxygen atoms in total. The molecule has 0 aliphatic carbocycles. The number of amides is 1. The number of pyridine rings is 1. The molecule has 1 aromatic carbocycles. The molecule has 1 amide bonds. The number of benzene rings is 1. The molecular formula is C15H15N3OS. The van der Waals surface area contributed by atoms with Crippen LogP contribution in [0.15, 0.2) is 48.5 Å². The van der Waals surface area contributed by atoms with Gasteiger partial charge in [-0.05, 0) is 24.6 Å². The van der Waals surface area contributed by atoms with Crippen molar-refractivity contribution >= 4 is 28.9 Å².